The third kappa shape index (κ3) is 6.26. The van der Waals surface area contributed by atoms with E-state index < -0.39 is 21.7 Å². The molecule has 0 aromatic heterocycles. The largest absolute Gasteiger partial charge is 0.322 e. The molecule has 11 heteroatoms. The molecule has 0 unspecified atom stereocenters. The van der Waals surface area contributed by atoms with Gasteiger partial charge in [-0.1, -0.05) is 58.5 Å². The van der Waals surface area contributed by atoms with Crippen LogP contribution in [0.1, 0.15) is 20.7 Å². The summed E-state index contributed by atoms with van der Waals surface area (Å²) < 4.78 is 26.7. The molecular formula is C26H16Cl4N2O4S. The van der Waals surface area contributed by atoms with Gasteiger partial charge in [0, 0.05) is 22.0 Å². The summed E-state index contributed by atoms with van der Waals surface area (Å²) in [5.41, 5.74) is 0.955. The van der Waals surface area contributed by atoms with Gasteiger partial charge in [-0.15, -0.1) is 0 Å². The number of amides is 2. The van der Waals surface area contributed by atoms with Crippen molar-refractivity contribution in [1.29, 1.82) is 0 Å². The Morgan fingerprint density at radius 2 is 1.19 bits per heavy atom. The zero-order chi connectivity index (χ0) is 26.7. The molecule has 0 saturated heterocycles. The van der Waals surface area contributed by atoms with Crippen molar-refractivity contribution in [1.82, 2.24) is 0 Å². The van der Waals surface area contributed by atoms with Crippen molar-refractivity contribution in [2.24, 2.45) is 0 Å². The van der Waals surface area contributed by atoms with Crippen molar-refractivity contribution in [3.8, 4) is 0 Å². The normalized spacial score (nSPS) is 11.1. The van der Waals surface area contributed by atoms with Gasteiger partial charge in [-0.2, -0.15) is 0 Å². The first-order chi connectivity index (χ1) is 17.5. The van der Waals surface area contributed by atoms with E-state index in [1.807, 2.05) is 0 Å². The quantitative estimate of drug-likeness (QED) is 0.240. The Morgan fingerprint density at radius 1 is 0.595 bits per heavy atom. The molecule has 2 N–H and O–H groups in total. The van der Waals surface area contributed by atoms with Crippen molar-refractivity contribution < 1.29 is 18.0 Å². The van der Waals surface area contributed by atoms with Crippen LogP contribution in [0.25, 0.3) is 0 Å². The second-order valence-corrected chi connectivity index (χ2v) is 11.3. The fraction of sp³-hybridized carbons (Fsp3) is 0. The summed E-state index contributed by atoms with van der Waals surface area (Å²) in [5.74, 6) is -1.01. The number of carbonyl (C=O) groups is 2. The van der Waals surface area contributed by atoms with E-state index >= 15 is 0 Å². The monoisotopic (exact) mass is 592 g/mol. The smallest absolute Gasteiger partial charge is 0.257 e. The molecule has 2 amide bonds. The molecule has 0 atom stereocenters. The molecule has 37 heavy (non-hydrogen) atoms. The zero-order valence-corrected chi connectivity index (χ0v) is 22.5. The number of carbonyl (C=O) groups excluding carboxylic acids is 2. The second kappa shape index (κ2) is 11.1. The summed E-state index contributed by atoms with van der Waals surface area (Å²) in [6.07, 6.45) is 0. The fourth-order valence-electron chi connectivity index (χ4n) is 3.33. The summed E-state index contributed by atoms with van der Waals surface area (Å²) in [5, 5.41) is 6.35. The number of rotatable bonds is 6. The lowest BCUT2D eigenvalue weighted by molar-refractivity contribution is 0.101. The summed E-state index contributed by atoms with van der Waals surface area (Å²) >= 11 is 23.8. The zero-order valence-electron chi connectivity index (χ0n) is 18.6. The molecule has 0 saturated carbocycles. The average Bonchev–Trinajstić information content (AvgIpc) is 2.86. The molecule has 0 spiro atoms. The highest BCUT2D eigenvalue weighted by Gasteiger charge is 2.20. The first kappa shape index (κ1) is 27.0. The second-order valence-electron chi connectivity index (χ2n) is 7.72. The number of hydrogen-bond acceptors (Lipinski definition) is 4. The Balaban J connectivity index is 1.56. The van der Waals surface area contributed by atoms with Crippen LogP contribution in [-0.2, 0) is 9.84 Å². The third-order valence-corrected chi connectivity index (χ3v) is 8.20. The molecule has 4 aromatic rings. The summed E-state index contributed by atoms with van der Waals surface area (Å²) in [4.78, 5) is 25.1. The van der Waals surface area contributed by atoms with Crippen molar-refractivity contribution in [2.75, 3.05) is 10.6 Å². The molecule has 188 valence electrons. The van der Waals surface area contributed by atoms with Gasteiger partial charge in [-0.3, -0.25) is 9.59 Å². The molecule has 0 bridgehead atoms. The number of hydrogen-bond donors (Lipinski definition) is 2. The standard InChI is InChI=1S/C26H16Cl4N2O4S/c27-16-8-9-21(23(29)12-16)26(34)32-18-4-2-6-20(14-18)37(35,36)19-5-1-3-17(13-19)31-25(33)15-7-10-22(28)24(30)11-15/h1-14H,(H,31,33)(H,32,34). The van der Waals surface area contributed by atoms with Gasteiger partial charge in [0.1, 0.15) is 0 Å². The first-order valence-corrected chi connectivity index (χ1v) is 13.5. The van der Waals surface area contributed by atoms with Gasteiger partial charge < -0.3 is 10.6 Å². The molecule has 0 aliphatic rings. The highest BCUT2D eigenvalue weighted by atomic mass is 35.5. The fourth-order valence-corrected chi connectivity index (χ4v) is 5.48. The van der Waals surface area contributed by atoms with Crippen LogP contribution in [-0.4, -0.2) is 20.2 Å². The van der Waals surface area contributed by atoms with Crippen LogP contribution in [0.4, 0.5) is 11.4 Å². The van der Waals surface area contributed by atoms with Crippen LogP contribution in [0, 0.1) is 0 Å². The van der Waals surface area contributed by atoms with Crippen LogP contribution in [0.2, 0.25) is 20.1 Å². The van der Waals surface area contributed by atoms with Crippen LogP contribution in [0.3, 0.4) is 0 Å². The Bertz CT molecular complexity index is 1640. The van der Waals surface area contributed by atoms with E-state index in [-0.39, 0.29) is 42.3 Å². The van der Waals surface area contributed by atoms with Gasteiger partial charge in [0.15, 0.2) is 0 Å². The van der Waals surface area contributed by atoms with E-state index in [0.717, 1.165) is 0 Å². The van der Waals surface area contributed by atoms with E-state index in [2.05, 4.69) is 10.6 Å². The number of nitrogens with one attached hydrogen (secondary N) is 2. The molecule has 0 radical (unpaired) electrons. The molecule has 0 aliphatic carbocycles. The Labute approximate surface area is 233 Å². The minimum atomic E-state index is -4.00. The number of benzene rings is 4. The Kier molecular flexibility index (Phi) is 8.11. The maximum atomic E-state index is 13.3. The lowest BCUT2D eigenvalue weighted by Gasteiger charge is -2.11. The predicted octanol–water partition coefficient (Wildman–Crippen LogP) is 7.64. The topological polar surface area (TPSA) is 92.3 Å². The van der Waals surface area contributed by atoms with Crippen LogP contribution >= 0.6 is 46.4 Å². The van der Waals surface area contributed by atoms with E-state index in [9.17, 15) is 18.0 Å². The van der Waals surface area contributed by atoms with E-state index in [1.165, 1.54) is 72.8 Å². The molecule has 0 fully saturated rings. The van der Waals surface area contributed by atoms with E-state index in [1.54, 1.807) is 12.1 Å². The third-order valence-electron chi connectivity index (χ3n) is 5.16. The van der Waals surface area contributed by atoms with Gasteiger partial charge >= 0.3 is 0 Å². The number of sulfone groups is 1. The average molecular weight is 594 g/mol. The Morgan fingerprint density at radius 3 is 1.76 bits per heavy atom. The van der Waals surface area contributed by atoms with Gasteiger partial charge in [-0.05, 0) is 72.8 Å². The molecule has 0 aliphatic heterocycles. The van der Waals surface area contributed by atoms with Gasteiger partial charge in [0.05, 0.1) is 30.4 Å². The van der Waals surface area contributed by atoms with Crippen molar-refractivity contribution >= 4 is 79.4 Å². The van der Waals surface area contributed by atoms with Crippen molar-refractivity contribution in [2.45, 2.75) is 9.79 Å². The lowest BCUT2D eigenvalue weighted by Crippen LogP contribution is -2.13. The maximum absolute atomic E-state index is 13.3. The minimum Gasteiger partial charge on any atom is -0.322 e. The summed E-state index contributed by atoms with van der Waals surface area (Å²) in [6.45, 7) is 0. The van der Waals surface area contributed by atoms with Gasteiger partial charge in [-0.25, -0.2) is 8.42 Å². The van der Waals surface area contributed by atoms with Crippen molar-refractivity contribution in [3.63, 3.8) is 0 Å². The Hall–Kier alpha value is -3.07. The van der Waals surface area contributed by atoms with Gasteiger partial charge in [0.2, 0.25) is 9.84 Å². The molecule has 6 nitrogen and oxygen atoms in total. The van der Waals surface area contributed by atoms with E-state index in [0.29, 0.717) is 10.0 Å². The number of halogens is 4. The SMILES string of the molecule is O=C(Nc1cccc(S(=O)(=O)c2cccc(NC(=O)c3ccc(Cl)cc3Cl)c2)c1)c1ccc(Cl)c(Cl)c1. The highest BCUT2D eigenvalue weighted by molar-refractivity contribution is 7.91. The number of anilines is 2. The summed E-state index contributed by atoms with van der Waals surface area (Å²) in [7, 11) is -4.00. The van der Waals surface area contributed by atoms with Crippen LogP contribution < -0.4 is 10.6 Å². The molecule has 0 heterocycles. The summed E-state index contributed by atoms with van der Waals surface area (Å²) in [6, 6.07) is 20.4. The first-order valence-electron chi connectivity index (χ1n) is 10.5. The molecule has 4 rings (SSSR count). The van der Waals surface area contributed by atoms with Crippen LogP contribution in [0.15, 0.2) is 94.7 Å². The molecule has 4 aromatic carbocycles. The highest BCUT2D eigenvalue weighted by Crippen LogP contribution is 2.28. The van der Waals surface area contributed by atoms with E-state index in [4.69, 9.17) is 46.4 Å². The minimum absolute atomic E-state index is 0.0522. The van der Waals surface area contributed by atoms with Crippen LogP contribution in [0.5, 0.6) is 0 Å². The maximum Gasteiger partial charge on any atom is 0.257 e. The van der Waals surface area contributed by atoms with Crippen molar-refractivity contribution in [3.05, 3.63) is 116 Å². The lowest BCUT2D eigenvalue weighted by atomic mass is 10.2. The van der Waals surface area contributed by atoms with Gasteiger partial charge in [0.25, 0.3) is 11.8 Å². The predicted molar refractivity (Wildman–Crippen MR) is 147 cm³/mol. The molecular weight excluding hydrogens is 578 g/mol.